The van der Waals surface area contributed by atoms with Crippen molar-refractivity contribution in [3.8, 4) is 56.2 Å². The van der Waals surface area contributed by atoms with Crippen LogP contribution in [0.15, 0.2) is 221 Å². The summed E-state index contributed by atoms with van der Waals surface area (Å²) in [7, 11) is 0. The molecular weight excluding hydrogens is 857 g/mol. The van der Waals surface area contributed by atoms with E-state index < -0.39 is 0 Å². The number of ether oxygens (including phenoxy) is 1. The lowest BCUT2D eigenvalue weighted by atomic mass is 9.86. The maximum Gasteiger partial charge on any atom is 0.143 e. The minimum Gasteiger partial charge on any atom is -0.485 e. The van der Waals surface area contributed by atoms with Crippen LogP contribution in [0.4, 0.5) is 0 Å². The van der Waals surface area contributed by atoms with Crippen molar-refractivity contribution in [2.45, 2.75) is 24.9 Å². The molecule has 5 nitrogen and oxygen atoms in total. The molecule has 2 atom stereocenters. The van der Waals surface area contributed by atoms with E-state index in [1.165, 1.54) is 33.0 Å². The van der Waals surface area contributed by atoms with Crippen LogP contribution in [-0.2, 0) is 6.42 Å². The first-order chi connectivity index (χ1) is 34.7. The lowest BCUT2D eigenvalue weighted by Crippen LogP contribution is -2.15. The van der Waals surface area contributed by atoms with E-state index in [0.717, 1.165) is 119 Å². The minimum atomic E-state index is 0.0207. The van der Waals surface area contributed by atoms with Gasteiger partial charge < -0.3 is 18.1 Å². The van der Waals surface area contributed by atoms with Gasteiger partial charge in [-0.15, -0.1) is 0 Å². The van der Waals surface area contributed by atoms with Crippen LogP contribution in [-0.4, -0.2) is 15.7 Å². The normalized spacial score (nSPS) is 16.0. The summed E-state index contributed by atoms with van der Waals surface area (Å²) in [5.74, 6) is 2.15. The van der Waals surface area contributed by atoms with Gasteiger partial charge >= 0.3 is 0 Å². The first kappa shape index (κ1) is 39.1. The third-order valence-electron chi connectivity index (χ3n) is 14.9. The summed E-state index contributed by atoms with van der Waals surface area (Å²) in [6, 6.07) is 67.1. The summed E-state index contributed by atoms with van der Waals surface area (Å²) in [5, 5.41) is 5.78. The second-order valence-electron chi connectivity index (χ2n) is 18.8. The fourth-order valence-electron chi connectivity index (χ4n) is 11.7. The van der Waals surface area contributed by atoms with E-state index in [4.69, 9.17) is 18.6 Å². The number of nitrogens with zero attached hydrogens (tertiary/aromatic N) is 2. The number of rotatable bonds is 6. The van der Waals surface area contributed by atoms with E-state index in [9.17, 15) is 0 Å². The zero-order chi connectivity index (χ0) is 45.9. The summed E-state index contributed by atoms with van der Waals surface area (Å²) in [4.78, 5) is 5.32. The molecule has 0 amide bonds. The molecule has 0 spiro atoms. The number of hydrogen-bond donors (Lipinski definition) is 0. The molecule has 1 aliphatic heterocycles. The minimum absolute atomic E-state index is 0.0207. The number of benzene rings is 8. The van der Waals surface area contributed by atoms with Crippen molar-refractivity contribution >= 4 is 66.4 Å². The Morgan fingerprint density at radius 1 is 0.500 bits per heavy atom. The van der Waals surface area contributed by atoms with Crippen LogP contribution in [0.2, 0.25) is 0 Å². The van der Waals surface area contributed by atoms with Gasteiger partial charge in [0.25, 0.3) is 0 Å². The third kappa shape index (κ3) is 5.94. The molecule has 4 aromatic heterocycles. The molecule has 2 aliphatic carbocycles. The Labute approximate surface area is 403 Å². The summed E-state index contributed by atoms with van der Waals surface area (Å²) >= 11 is 0. The summed E-state index contributed by atoms with van der Waals surface area (Å²) < 4.78 is 22.7. The highest BCUT2D eigenvalue weighted by atomic mass is 16.5. The highest BCUT2D eigenvalue weighted by Crippen LogP contribution is 2.49. The third-order valence-corrected chi connectivity index (χ3v) is 14.9. The lowest BCUT2D eigenvalue weighted by molar-refractivity contribution is 0.269. The average Bonchev–Trinajstić information content (AvgIpc) is 4.20. The van der Waals surface area contributed by atoms with Gasteiger partial charge in [0.05, 0.1) is 22.4 Å². The van der Waals surface area contributed by atoms with Gasteiger partial charge in [-0.05, 0) is 95.4 Å². The van der Waals surface area contributed by atoms with Crippen LogP contribution in [0.1, 0.15) is 34.8 Å². The Hall–Kier alpha value is -8.93. The summed E-state index contributed by atoms with van der Waals surface area (Å²) in [6.45, 7) is 0. The Kier molecular flexibility index (Phi) is 8.54. The SMILES string of the molecule is C1=CC2Oc3cc(-c4cc(-c5cccc6oc7c(c56)C=C(c5ccc(-c6cccc8c9ccccc9n(-c9ccccc9)c68)c6oc8ccccc8c56)CC7)cc(-c5ccccc5)n4)ccc3C2C=C1. The highest BCUT2D eigenvalue weighted by molar-refractivity contribution is 6.20. The molecule has 15 rings (SSSR count). The lowest BCUT2D eigenvalue weighted by Gasteiger charge is -2.17. The predicted molar refractivity (Wildman–Crippen MR) is 285 cm³/mol. The van der Waals surface area contributed by atoms with E-state index in [-0.39, 0.29) is 12.0 Å². The molecule has 12 aromatic rings. The van der Waals surface area contributed by atoms with Crippen molar-refractivity contribution in [1.29, 1.82) is 0 Å². The molecule has 3 aliphatic rings. The molecule has 0 saturated heterocycles. The van der Waals surface area contributed by atoms with Crippen LogP contribution in [0.5, 0.6) is 5.75 Å². The number of fused-ring (bicyclic) bond motifs is 12. The van der Waals surface area contributed by atoms with Gasteiger partial charge in [0.1, 0.15) is 34.4 Å². The number of allylic oxidation sites excluding steroid dienone is 3. The van der Waals surface area contributed by atoms with Crippen molar-refractivity contribution in [1.82, 2.24) is 9.55 Å². The van der Waals surface area contributed by atoms with Gasteiger partial charge in [0, 0.05) is 78.3 Å². The topological polar surface area (TPSA) is 53.3 Å². The monoisotopic (exact) mass is 898 g/mol. The first-order valence-corrected chi connectivity index (χ1v) is 24.2. The molecular formula is C65H42N2O3. The number of pyridine rings is 1. The molecule has 5 heteroatoms. The second-order valence-corrected chi connectivity index (χ2v) is 18.8. The Morgan fingerprint density at radius 3 is 2.13 bits per heavy atom. The number of para-hydroxylation sites is 4. The van der Waals surface area contributed by atoms with Gasteiger partial charge in [-0.2, -0.15) is 0 Å². The van der Waals surface area contributed by atoms with E-state index in [1.807, 2.05) is 0 Å². The zero-order valence-corrected chi connectivity index (χ0v) is 38.0. The van der Waals surface area contributed by atoms with E-state index in [2.05, 4.69) is 223 Å². The number of hydrogen-bond acceptors (Lipinski definition) is 4. The zero-order valence-electron chi connectivity index (χ0n) is 38.0. The fraction of sp³-hybridized carbons (Fsp3) is 0.0615. The Balaban J connectivity index is 0.905. The quantitative estimate of drug-likeness (QED) is 0.167. The highest BCUT2D eigenvalue weighted by Gasteiger charge is 2.32. The molecule has 0 N–H and O–H groups in total. The maximum atomic E-state index is 7.01. The molecule has 70 heavy (non-hydrogen) atoms. The van der Waals surface area contributed by atoms with Crippen LogP contribution < -0.4 is 4.74 Å². The summed E-state index contributed by atoms with van der Waals surface area (Å²) in [6.07, 6.45) is 12.6. The molecule has 0 fully saturated rings. The molecule has 8 aromatic carbocycles. The van der Waals surface area contributed by atoms with Crippen LogP contribution in [0, 0.1) is 0 Å². The van der Waals surface area contributed by atoms with Crippen LogP contribution in [0.3, 0.4) is 0 Å². The van der Waals surface area contributed by atoms with Gasteiger partial charge in [-0.3, -0.25) is 0 Å². The van der Waals surface area contributed by atoms with Crippen molar-refractivity contribution in [2.24, 2.45) is 0 Å². The Morgan fingerprint density at radius 2 is 1.23 bits per heavy atom. The van der Waals surface area contributed by atoms with E-state index >= 15 is 0 Å². The molecule has 2 unspecified atom stereocenters. The van der Waals surface area contributed by atoms with Crippen molar-refractivity contribution in [2.75, 3.05) is 0 Å². The number of furan rings is 2. The largest absolute Gasteiger partial charge is 0.485 e. The maximum absolute atomic E-state index is 7.01. The van der Waals surface area contributed by atoms with Gasteiger partial charge in [-0.1, -0.05) is 152 Å². The summed E-state index contributed by atoms with van der Waals surface area (Å²) in [5.41, 5.74) is 19.2. The molecule has 0 radical (unpaired) electrons. The first-order valence-electron chi connectivity index (χ1n) is 24.2. The smallest absolute Gasteiger partial charge is 0.143 e. The van der Waals surface area contributed by atoms with E-state index in [0.29, 0.717) is 0 Å². The molecule has 0 saturated carbocycles. The van der Waals surface area contributed by atoms with Crippen LogP contribution >= 0.6 is 0 Å². The standard InChI is InChI=1S/C65H42N2O3/c1-3-15-39(16-4-1)54-36-42(37-55(66-54)41-29-31-48-47-20-8-11-26-57(47)69-61(48)38-41)44-22-14-28-60-62(44)53-35-40(30-34-59(53)68-60)45-32-33-51(65-63(45)52-21-9-12-27-58(52)70-65)50-24-13-23-49-46-19-7-10-25-56(46)67(64(49)50)43-17-5-2-6-18-43/h1-29,31-33,35-38,47,57H,30,34H2. The van der Waals surface area contributed by atoms with Crippen molar-refractivity contribution < 1.29 is 13.6 Å². The Bertz CT molecular complexity index is 4220. The second kappa shape index (κ2) is 15.3. The predicted octanol–water partition coefficient (Wildman–Crippen LogP) is 16.9. The number of aryl methyl sites for hydroxylation is 1. The van der Waals surface area contributed by atoms with Crippen molar-refractivity contribution in [3.63, 3.8) is 0 Å². The number of aromatic nitrogens is 2. The van der Waals surface area contributed by atoms with Gasteiger partial charge in [0.15, 0.2) is 0 Å². The average molecular weight is 899 g/mol. The molecule has 330 valence electrons. The fourth-order valence-corrected chi connectivity index (χ4v) is 11.7. The molecule has 0 bridgehead atoms. The molecule has 5 heterocycles. The van der Waals surface area contributed by atoms with Crippen molar-refractivity contribution in [3.05, 3.63) is 235 Å². The van der Waals surface area contributed by atoms with Gasteiger partial charge in [0.2, 0.25) is 0 Å². The van der Waals surface area contributed by atoms with Gasteiger partial charge in [-0.25, -0.2) is 4.98 Å². The van der Waals surface area contributed by atoms with Crippen LogP contribution in [0.25, 0.3) is 117 Å². The van der Waals surface area contributed by atoms with E-state index in [1.54, 1.807) is 0 Å².